The minimum atomic E-state index is 0.115. The topological polar surface area (TPSA) is 49.6 Å². The van der Waals surface area contributed by atoms with E-state index in [9.17, 15) is 4.79 Å². The molecule has 0 bridgehead atoms. The van der Waals surface area contributed by atoms with Gasteiger partial charge in [-0.15, -0.1) is 0 Å². The fraction of sp³-hybridized carbons (Fsp3) is 0.923. The summed E-state index contributed by atoms with van der Waals surface area (Å²) in [5.74, 6) is 0.950. The van der Waals surface area contributed by atoms with Crippen LogP contribution in [-0.2, 0) is 4.79 Å². The first kappa shape index (κ1) is 14.5. The molecule has 4 nitrogen and oxygen atoms in total. The lowest BCUT2D eigenvalue weighted by Crippen LogP contribution is -2.38. The molecule has 1 saturated heterocycles. The van der Waals surface area contributed by atoms with E-state index in [0.717, 1.165) is 45.7 Å². The van der Waals surface area contributed by atoms with Crippen LogP contribution in [0.5, 0.6) is 0 Å². The summed E-state index contributed by atoms with van der Waals surface area (Å²) in [6.45, 7) is 11.8. The number of rotatable bonds is 4. The molecule has 1 rings (SSSR count). The maximum Gasteiger partial charge on any atom is 0.225 e. The summed E-state index contributed by atoms with van der Waals surface area (Å²) in [5.41, 5.74) is 5.65. The number of hydrogen-bond acceptors (Lipinski definition) is 3. The standard InChI is InChI=1S/C13H27N3O/c1-11(2)13(17)16-6-4-5-15(7-8-16)10-12(3)9-14/h11-12H,4-10,14H2,1-3H3. The van der Waals surface area contributed by atoms with Gasteiger partial charge in [0, 0.05) is 32.1 Å². The molecule has 0 saturated carbocycles. The van der Waals surface area contributed by atoms with Crippen molar-refractivity contribution in [2.24, 2.45) is 17.6 Å². The number of carbonyl (C=O) groups excluding carboxylic acids is 1. The Morgan fingerprint density at radius 3 is 2.47 bits per heavy atom. The summed E-state index contributed by atoms with van der Waals surface area (Å²) in [5, 5.41) is 0. The molecule has 0 aromatic carbocycles. The van der Waals surface area contributed by atoms with Crippen molar-refractivity contribution in [3.05, 3.63) is 0 Å². The molecule has 0 spiro atoms. The van der Waals surface area contributed by atoms with Crippen molar-refractivity contribution in [1.29, 1.82) is 0 Å². The molecular formula is C13H27N3O. The molecule has 4 heteroatoms. The van der Waals surface area contributed by atoms with Crippen LogP contribution in [0.25, 0.3) is 0 Å². The molecule has 1 aliphatic heterocycles. The van der Waals surface area contributed by atoms with E-state index in [2.05, 4.69) is 11.8 Å². The van der Waals surface area contributed by atoms with Gasteiger partial charge in [-0.2, -0.15) is 0 Å². The van der Waals surface area contributed by atoms with Gasteiger partial charge in [0.05, 0.1) is 0 Å². The number of nitrogens with two attached hydrogens (primary N) is 1. The van der Waals surface area contributed by atoms with Gasteiger partial charge in [-0.05, 0) is 25.4 Å². The first-order valence-corrected chi connectivity index (χ1v) is 6.75. The third kappa shape index (κ3) is 4.64. The summed E-state index contributed by atoms with van der Waals surface area (Å²) in [4.78, 5) is 16.4. The number of amides is 1. The lowest BCUT2D eigenvalue weighted by atomic mass is 10.1. The van der Waals surface area contributed by atoms with E-state index in [4.69, 9.17) is 5.73 Å². The van der Waals surface area contributed by atoms with Crippen LogP contribution in [0.1, 0.15) is 27.2 Å². The molecule has 1 fully saturated rings. The van der Waals surface area contributed by atoms with Gasteiger partial charge in [0.1, 0.15) is 0 Å². The predicted molar refractivity (Wildman–Crippen MR) is 70.7 cm³/mol. The normalized spacial score (nSPS) is 20.4. The van der Waals surface area contributed by atoms with Crippen molar-refractivity contribution >= 4 is 5.91 Å². The van der Waals surface area contributed by atoms with Crippen LogP contribution in [0.3, 0.4) is 0 Å². The second-order valence-electron chi connectivity index (χ2n) is 5.48. The molecule has 1 heterocycles. The van der Waals surface area contributed by atoms with E-state index in [1.807, 2.05) is 18.7 Å². The summed E-state index contributed by atoms with van der Waals surface area (Å²) in [7, 11) is 0. The van der Waals surface area contributed by atoms with Crippen LogP contribution in [0.15, 0.2) is 0 Å². The van der Waals surface area contributed by atoms with Gasteiger partial charge < -0.3 is 15.5 Å². The highest BCUT2D eigenvalue weighted by atomic mass is 16.2. The summed E-state index contributed by atoms with van der Waals surface area (Å²) < 4.78 is 0. The van der Waals surface area contributed by atoms with E-state index < -0.39 is 0 Å². The molecule has 1 amide bonds. The Morgan fingerprint density at radius 1 is 1.18 bits per heavy atom. The Kier molecular flexibility index (Phi) is 5.92. The zero-order valence-electron chi connectivity index (χ0n) is 11.5. The van der Waals surface area contributed by atoms with Crippen LogP contribution in [0.2, 0.25) is 0 Å². The third-order valence-corrected chi connectivity index (χ3v) is 3.37. The molecule has 1 atom stereocenters. The maximum absolute atomic E-state index is 11.9. The highest BCUT2D eigenvalue weighted by Crippen LogP contribution is 2.09. The molecule has 0 aliphatic carbocycles. The van der Waals surface area contributed by atoms with Crippen LogP contribution in [0, 0.1) is 11.8 Å². The molecule has 0 aromatic heterocycles. The fourth-order valence-electron chi connectivity index (χ4n) is 2.25. The van der Waals surface area contributed by atoms with Crippen molar-refractivity contribution in [2.75, 3.05) is 39.3 Å². The SMILES string of the molecule is CC(CN)CN1CCCN(C(=O)C(C)C)CC1. The minimum absolute atomic E-state index is 0.115. The Hall–Kier alpha value is -0.610. The van der Waals surface area contributed by atoms with Crippen LogP contribution in [-0.4, -0.2) is 55.0 Å². The van der Waals surface area contributed by atoms with Crippen molar-refractivity contribution < 1.29 is 4.79 Å². The van der Waals surface area contributed by atoms with Crippen molar-refractivity contribution in [1.82, 2.24) is 9.80 Å². The predicted octanol–water partition coefficient (Wildman–Crippen LogP) is 0.772. The van der Waals surface area contributed by atoms with Gasteiger partial charge in [0.2, 0.25) is 5.91 Å². The Balaban J connectivity index is 2.41. The van der Waals surface area contributed by atoms with E-state index in [0.29, 0.717) is 11.8 Å². The quantitative estimate of drug-likeness (QED) is 0.791. The van der Waals surface area contributed by atoms with Gasteiger partial charge in [0.25, 0.3) is 0 Å². The lowest BCUT2D eigenvalue weighted by Gasteiger charge is -2.24. The Bertz CT molecular complexity index is 243. The van der Waals surface area contributed by atoms with Gasteiger partial charge in [-0.1, -0.05) is 20.8 Å². The third-order valence-electron chi connectivity index (χ3n) is 3.37. The molecule has 17 heavy (non-hydrogen) atoms. The lowest BCUT2D eigenvalue weighted by molar-refractivity contribution is -0.134. The van der Waals surface area contributed by atoms with Gasteiger partial charge in [-0.3, -0.25) is 4.79 Å². The van der Waals surface area contributed by atoms with Crippen LogP contribution < -0.4 is 5.73 Å². The summed E-state index contributed by atoms with van der Waals surface area (Å²) in [6, 6.07) is 0. The van der Waals surface area contributed by atoms with Crippen molar-refractivity contribution in [3.63, 3.8) is 0 Å². The fourth-order valence-corrected chi connectivity index (χ4v) is 2.25. The van der Waals surface area contributed by atoms with Gasteiger partial charge in [-0.25, -0.2) is 0 Å². The summed E-state index contributed by atoms with van der Waals surface area (Å²) >= 11 is 0. The van der Waals surface area contributed by atoms with Crippen molar-refractivity contribution in [3.8, 4) is 0 Å². The van der Waals surface area contributed by atoms with Crippen LogP contribution in [0.4, 0.5) is 0 Å². The average molecular weight is 241 g/mol. The van der Waals surface area contributed by atoms with E-state index in [1.54, 1.807) is 0 Å². The zero-order valence-corrected chi connectivity index (χ0v) is 11.5. The molecule has 100 valence electrons. The molecule has 0 aromatic rings. The molecular weight excluding hydrogens is 214 g/mol. The summed E-state index contributed by atoms with van der Waals surface area (Å²) in [6.07, 6.45) is 1.08. The first-order chi connectivity index (χ1) is 8.04. The zero-order chi connectivity index (χ0) is 12.8. The minimum Gasteiger partial charge on any atom is -0.341 e. The van der Waals surface area contributed by atoms with Crippen LogP contribution >= 0.6 is 0 Å². The second-order valence-corrected chi connectivity index (χ2v) is 5.48. The molecule has 1 aliphatic rings. The van der Waals surface area contributed by atoms with Gasteiger partial charge in [0.15, 0.2) is 0 Å². The average Bonchev–Trinajstić information content (AvgIpc) is 2.53. The van der Waals surface area contributed by atoms with Gasteiger partial charge >= 0.3 is 0 Å². The molecule has 1 unspecified atom stereocenters. The first-order valence-electron chi connectivity index (χ1n) is 6.75. The Labute approximate surface area is 105 Å². The largest absolute Gasteiger partial charge is 0.341 e. The highest BCUT2D eigenvalue weighted by Gasteiger charge is 2.21. The monoisotopic (exact) mass is 241 g/mol. The number of carbonyl (C=O) groups is 1. The maximum atomic E-state index is 11.9. The Morgan fingerprint density at radius 2 is 1.88 bits per heavy atom. The molecule has 0 radical (unpaired) electrons. The smallest absolute Gasteiger partial charge is 0.225 e. The van der Waals surface area contributed by atoms with E-state index in [-0.39, 0.29) is 5.92 Å². The van der Waals surface area contributed by atoms with E-state index >= 15 is 0 Å². The highest BCUT2D eigenvalue weighted by molar-refractivity contribution is 5.78. The van der Waals surface area contributed by atoms with E-state index in [1.165, 1.54) is 0 Å². The van der Waals surface area contributed by atoms with Crippen molar-refractivity contribution in [2.45, 2.75) is 27.2 Å². The second kappa shape index (κ2) is 6.97. The number of hydrogen-bond donors (Lipinski definition) is 1. The number of nitrogens with zero attached hydrogens (tertiary/aromatic N) is 2. The molecule has 2 N–H and O–H groups in total.